The number of hydrogen-bond donors (Lipinski definition) is 2. The molecule has 2 atom stereocenters. The minimum absolute atomic E-state index is 0.217. The molecule has 0 saturated carbocycles. The van der Waals surface area contributed by atoms with Crippen LogP contribution in [0.5, 0.6) is 0 Å². The molecule has 4 nitrogen and oxygen atoms in total. The topological polar surface area (TPSA) is 74.6 Å². The maximum absolute atomic E-state index is 12.6. The summed E-state index contributed by atoms with van der Waals surface area (Å²) in [5.41, 5.74) is -1.98. The molecule has 0 spiro atoms. The van der Waals surface area contributed by atoms with Gasteiger partial charge in [-0.25, -0.2) is 0 Å². The smallest absolute Gasteiger partial charge is 0.167 e. The lowest BCUT2D eigenvalue weighted by Gasteiger charge is -2.26. The predicted molar refractivity (Wildman–Crippen MR) is 204 cm³/mol. The van der Waals surface area contributed by atoms with Gasteiger partial charge in [-0.05, 0) is 45.4 Å². The van der Waals surface area contributed by atoms with Gasteiger partial charge in [0, 0.05) is 12.8 Å². The van der Waals surface area contributed by atoms with E-state index in [0.717, 1.165) is 38.5 Å². The van der Waals surface area contributed by atoms with Crippen molar-refractivity contribution in [2.75, 3.05) is 0 Å². The van der Waals surface area contributed by atoms with Crippen LogP contribution in [0.15, 0.2) is 12.2 Å². The first-order valence-electron chi connectivity index (χ1n) is 21.0. The number of rotatable bonds is 38. The van der Waals surface area contributed by atoms with Crippen LogP contribution in [0.4, 0.5) is 0 Å². The monoisotopic (exact) mass is 663 g/mol. The Morgan fingerprint density at radius 1 is 0.468 bits per heavy atom. The first-order chi connectivity index (χ1) is 22.9. The molecule has 0 rings (SSSR count). The van der Waals surface area contributed by atoms with E-state index in [4.69, 9.17) is 0 Å². The van der Waals surface area contributed by atoms with Gasteiger partial charge in [-0.1, -0.05) is 193 Å². The van der Waals surface area contributed by atoms with Crippen molar-refractivity contribution < 1.29 is 19.8 Å². The molecule has 2 N–H and O–H groups in total. The third kappa shape index (κ3) is 29.6. The predicted octanol–water partition coefficient (Wildman–Crippen LogP) is 13.1. The maximum atomic E-state index is 12.6. The molecule has 4 heteroatoms. The zero-order valence-corrected chi connectivity index (χ0v) is 32.0. The van der Waals surface area contributed by atoms with E-state index in [1.54, 1.807) is 0 Å². The molecule has 0 aromatic heterocycles. The summed E-state index contributed by atoms with van der Waals surface area (Å²) in [4.78, 5) is 25.1. The van der Waals surface area contributed by atoms with Crippen LogP contribution in [-0.2, 0) is 9.59 Å². The Kier molecular flexibility index (Phi) is 34.1. The second-order valence-corrected chi connectivity index (χ2v) is 14.9. The van der Waals surface area contributed by atoms with E-state index in [2.05, 4.69) is 26.0 Å². The van der Waals surface area contributed by atoms with Crippen molar-refractivity contribution in [1.82, 2.24) is 0 Å². The van der Waals surface area contributed by atoms with Crippen LogP contribution in [0, 0.1) is 0 Å². The van der Waals surface area contributed by atoms with E-state index >= 15 is 0 Å². The number of ketones is 2. The molecule has 0 aromatic rings. The number of aliphatic hydroxyl groups excluding tert-OH is 1. The van der Waals surface area contributed by atoms with Crippen molar-refractivity contribution >= 4 is 11.6 Å². The largest absolute Gasteiger partial charge is 0.382 e. The van der Waals surface area contributed by atoms with Crippen molar-refractivity contribution in [2.45, 2.75) is 251 Å². The van der Waals surface area contributed by atoms with E-state index in [1.807, 2.05) is 0 Å². The molecule has 47 heavy (non-hydrogen) atoms. The molecule has 0 heterocycles. The van der Waals surface area contributed by atoms with E-state index in [1.165, 1.54) is 161 Å². The molecule has 0 amide bonds. The average molecular weight is 663 g/mol. The van der Waals surface area contributed by atoms with Gasteiger partial charge in [-0.2, -0.15) is 0 Å². The van der Waals surface area contributed by atoms with Crippen molar-refractivity contribution in [2.24, 2.45) is 0 Å². The highest BCUT2D eigenvalue weighted by molar-refractivity contribution is 5.95. The van der Waals surface area contributed by atoms with Crippen LogP contribution in [0.25, 0.3) is 0 Å². The molecule has 0 aliphatic carbocycles. The first kappa shape index (κ1) is 46.0. The van der Waals surface area contributed by atoms with Crippen molar-refractivity contribution in [1.29, 1.82) is 0 Å². The number of Topliss-reactive ketones (excluding diaryl/α,β-unsaturated/α-hetero) is 2. The van der Waals surface area contributed by atoms with Gasteiger partial charge in [0.2, 0.25) is 0 Å². The number of carbonyl (C=O) groups excluding carboxylic acids is 2. The standard InChI is InChI=1S/C43H82O4/c1-4-6-8-10-12-14-16-18-20-21-22-23-25-26-28-30-32-34-36-38-40(44)42(46)43(3,47)41(45)39-37-35-33-31-29-27-24-19-17-15-13-11-9-7-5-2/h19,24,42,46-47H,4-18,20-23,25-39H2,1-3H3/b24-19-. The summed E-state index contributed by atoms with van der Waals surface area (Å²) in [5, 5.41) is 21.1. The van der Waals surface area contributed by atoms with Gasteiger partial charge in [0.25, 0.3) is 0 Å². The summed E-state index contributed by atoms with van der Waals surface area (Å²) < 4.78 is 0. The van der Waals surface area contributed by atoms with Gasteiger partial charge in [0.1, 0.15) is 6.10 Å². The highest BCUT2D eigenvalue weighted by atomic mass is 16.4. The molecule has 0 aliphatic heterocycles. The van der Waals surface area contributed by atoms with Gasteiger partial charge in [0.15, 0.2) is 17.2 Å². The number of aliphatic hydroxyl groups is 2. The third-order valence-corrected chi connectivity index (χ3v) is 10.1. The Morgan fingerprint density at radius 2 is 0.745 bits per heavy atom. The SMILES string of the molecule is CCCCCCCC/C=C\CCCCCCCC(=O)C(C)(O)C(O)C(=O)CCCCCCCCCCCCCCCCCCCCC. The Bertz CT molecular complexity index is 713. The van der Waals surface area contributed by atoms with Crippen molar-refractivity contribution in [3.05, 3.63) is 12.2 Å². The van der Waals surface area contributed by atoms with Gasteiger partial charge >= 0.3 is 0 Å². The van der Waals surface area contributed by atoms with E-state index in [9.17, 15) is 19.8 Å². The van der Waals surface area contributed by atoms with Gasteiger partial charge in [-0.3, -0.25) is 9.59 Å². The summed E-state index contributed by atoms with van der Waals surface area (Å²) in [6.45, 7) is 5.85. The number of hydrogen-bond acceptors (Lipinski definition) is 4. The summed E-state index contributed by atoms with van der Waals surface area (Å²) in [7, 11) is 0. The molecule has 0 saturated heterocycles. The van der Waals surface area contributed by atoms with E-state index in [-0.39, 0.29) is 12.8 Å². The average Bonchev–Trinajstić information content (AvgIpc) is 3.06. The summed E-state index contributed by atoms with van der Waals surface area (Å²) in [6.07, 6.45) is 43.6. The summed E-state index contributed by atoms with van der Waals surface area (Å²) >= 11 is 0. The molecule has 0 radical (unpaired) electrons. The van der Waals surface area contributed by atoms with Gasteiger partial charge in [-0.15, -0.1) is 0 Å². The molecule has 0 fully saturated rings. The van der Waals surface area contributed by atoms with Gasteiger partial charge in [0.05, 0.1) is 0 Å². The zero-order chi connectivity index (χ0) is 34.7. The normalized spacial score (nSPS) is 13.7. The molecule has 0 aromatic carbocycles. The number of allylic oxidation sites excluding steroid dienone is 2. The quantitative estimate of drug-likeness (QED) is 0.0509. The van der Waals surface area contributed by atoms with Crippen LogP contribution >= 0.6 is 0 Å². The zero-order valence-electron chi connectivity index (χ0n) is 32.0. The first-order valence-corrected chi connectivity index (χ1v) is 21.0. The Labute approximate surface area is 293 Å². The second kappa shape index (κ2) is 34.8. The fourth-order valence-electron chi connectivity index (χ4n) is 6.59. The van der Waals surface area contributed by atoms with Crippen molar-refractivity contribution in [3.8, 4) is 0 Å². The van der Waals surface area contributed by atoms with Crippen LogP contribution in [0.1, 0.15) is 239 Å². The van der Waals surface area contributed by atoms with E-state index in [0.29, 0.717) is 12.8 Å². The Hall–Kier alpha value is -1.00. The molecular weight excluding hydrogens is 580 g/mol. The maximum Gasteiger partial charge on any atom is 0.167 e. The second-order valence-electron chi connectivity index (χ2n) is 14.9. The summed E-state index contributed by atoms with van der Waals surface area (Å²) in [6, 6.07) is 0. The number of unbranched alkanes of at least 4 members (excludes halogenated alkanes) is 29. The molecule has 278 valence electrons. The fourth-order valence-corrected chi connectivity index (χ4v) is 6.59. The third-order valence-electron chi connectivity index (χ3n) is 10.1. The van der Waals surface area contributed by atoms with Crippen LogP contribution in [0.3, 0.4) is 0 Å². The fraction of sp³-hybridized carbons (Fsp3) is 0.907. The lowest BCUT2D eigenvalue weighted by molar-refractivity contribution is -0.157. The Morgan fingerprint density at radius 3 is 1.09 bits per heavy atom. The summed E-state index contributed by atoms with van der Waals surface area (Å²) in [5.74, 6) is -0.816. The van der Waals surface area contributed by atoms with Gasteiger partial charge < -0.3 is 10.2 Å². The van der Waals surface area contributed by atoms with Crippen LogP contribution < -0.4 is 0 Å². The number of carbonyl (C=O) groups is 2. The van der Waals surface area contributed by atoms with E-state index < -0.39 is 23.3 Å². The minimum atomic E-state index is -1.98. The lowest BCUT2D eigenvalue weighted by Crippen LogP contribution is -2.50. The minimum Gasteiger partial charge on any atom is -0.382 e. The van der Waals surface area contributed by atoms with Crippen molar-refractivity contribution in [3.63, 3.8) is 0 Å². The molecule has 0 bridgehead atoms. The molecule has 2 unspecified atom stereocenters. The van der Waals surface area contributed by atoms with Crippen LogP contribution in [-0.4, -0.2) is 33.5 Å². The molecule has 0 aliphatic rings. The lowest BCUT2D eigenvalue weighted by atomic mass is 9.87. The van der Waals surface area contributed by atoms with Crippen LogP contribution in [0.2, 0.25) is 0 Å². The highest BCUT2D eigenvalue weighted by Crippen LogP contribution is 2.20. The Balaban J connectivity index is 3.65. The highest BCUT2D eigenvalue weighted by Gasteiger charge is 2.41. The molecular formula is C43H82O4.